The summed E-state index contributed by atoms with van der Waals surface area (Å²) < 4.78 is 42.4. The van der Waals surface area contributed by atoms with Crippen molar-refractivity contribution in [3.63, 3.8) is 0 Å². The van der Waals surface area contributed by atoms with Gasteiger partial charge in [0.05, 0.1) is 7.11 Å². The molecule has 1 aromatic rings. The van der Waals surface area contributed by atoms with E-state index in [1.165, 1.54) is 31.4 Å². The Bertz CT molecular complexity index is 468. The molecule has 0 aliphatic rings. The highest BCUT2D eigenvalue weighted by Gasteiger charge is 2.44. The molecule has 3 nitrogen and oxygen atoms in total. The molecule has 0 aromatic heterocycles. The van der Waals surface area contributed by atoms with Crippen LogP contribution >= 0.6 is 12.6 Å². The molecule has 0 N–H and O–H groups in total. The van der Waals surface area contributed by atoms with Gasteiger partial charge < -0.3 is 4.74 Å². The van der Waals surface area contributed by atoms with E-state index < -0.39 is 29.4 Å². The van der Waals surface area contributed by atoms with Crippen molar-refractivity contribution in [2.75, 3.05) is 7.11 Å². The van der Waals surface area contributed by atoms with Crippen LogP contribution in [0.2, 0.25) is 0 Å². The highest BCUT2D eigenvalue weighted by atomic mass is 32.1. The summed E-state index contributed by atoms with van der Waals surface area (Å²) in [4.78, 5) is 22.5. The van der Waals surface area contributed by atoms with Crippen LogP contribution in [0, 0.1) is 5.92 Å². The molecule has 0 fully saturated rings. The highest BCUT2D eigenvalue weighted by molar-refractivity contribution is 7.96. The minimum atomic E-state index is -4.78. The van der Waals surface area contributed by atoms with Gasteiger partial charge in [-0.15, -0.1) is 12.6 Å². The summed E-state index contributed by atoms with van der Waals surface area (Å²) in [5, 5.41) is -1.37. The molecule has 0 spiro atoms. The summed E-state index contributed by atoms with van der Waals surface area (Å²) in [6, 6.07) is 5.60. The quantitative estimate of drug-likeness (QED) is 0.670. The fraction of sp³-hybridized carbons (Fsp3) is 0.333. The Hall–Kier alpha value is -1.50. The van der Waals surface area contributed by atoms with Crippen molar-refractivity contribution in [3.8, 4) is 5.75 Å². The number of ketones is 1. The molecular weight excluding hydrogens is 281 g/mol. The maximum Gasteiger partial charge on any atom is 0.399 e. The van der Waals surface area contributed by atoms with E-state index in [2.05, 4.69) is 12.6 Å². The number of methoxy groups -OCH3 is 1. The van der Waals surface area contributed by atoms with Crippen molar-refractivity contribution in [2.24, 2.45) is 5.92 Å². The second kappa shape index (κ2) is 6.10. The van der Waals surface area contributed by atoms with Crippen LogP contribution in [0.5, 0.6) is 5.75 Å². The van der Waals surface area contributed by atoms with E-state index in [0.29, 0.717) is 5.75 Å². The average Bonchev–Trinajstić information content (AvgIpc) is 2.34. The predicted molar refractivity (Wildman–Crippen MR) is 65.5 cm³/mol. The number of carbonyl (C=O) groups is 2. The zero-order chi connectivity index (χ0) is 14.6. The summed E-state index contributed by atoms with van der Waals surface area (Å²) in [7, 11) is 1.43. The van der Waals surface area contributed by atoms with Crippen molar-refractivity contribution in [1.82, 2.24) is 0 Å². The Labute approximate surface area is 113 Å². The predicted octanol–water partition coefficient (Wildman–Crippen LogP) is 2.90. The van der Waals surface area contributed by atoms with Crippen molar-refractivity contribution in [2.45, 2.75) is 12.6 Å². The first-order valence-corrected chi connectivity index (χ1v) is 5.67. The van der Waals surface area contributed by atoms with Gasteiger partial charge in [-0.25, -0.2) is 0 Å². The highest BCUT2D eigenvalue weighted by Crippen LogP contribution is 2.31. The molecule has 0 heterocycles. The molecule has 104 valence electrons. The largest absolute Gasteiger partial charge is 0.497 e. The molecule has 0 bridgehead atoms. The Balaban J connectivity index is 2.85. The fourth-order valence-corrected chi connectivity index (χ4v) is 1.66. The number of alkyl halides is 3. The van der Waals surface area contributed by atoms with E-state index in [-0.39, 0.29) is 5.56 Å². The molecule has 1 aromatic carbocycles. The van der Waals surface area contributed by atoms with Gasteiger partial charge in [0.1, 0.15) is 11.7 Å². The first kappa shape index (κ1) is 15.6. The SMILES string of the molecule is COc1ccc(C(=O)CC(C(=O)S)C(F)(F)F)cc1. The zero-order valence-corrected chi connectivity index (χ0v) is 10.8. The molecular formula is C12H11F3O3S. The van der Waals surface area contributed by atoms with Crippen LogP contribution in [0.15, 0.2) is 24.3 Å². The number of ether oxygens (including phenoxy) is 1. The molecule has 0 saturated heterocycles. The van der Waals surface area contributed by atoms with Crippen molar-refractivity contribution >= 4 is 23.5 Å². The van der Waals surface area contributed by atoms with Crippen LogP contribution < -0.4 is 4.74 Å². The molecule has 19 heavy (non-hydrogen) atoms. The van der Waals surface area contributed by atoms with Crippen LogP contribution in [-0.4, -0.2) is 24.2 Å². The minimum Gasteiger partial charge on any atom is -0.497 e. The summed E-state index contributed by atoms with van der Waals surface area (Å²) in [6.07, 6.45) is -5.72. The lowest BCUT2D eigenvalue weighted by molar-refractivity contribution is -0.175. The maximum atomic E-state index is 12.5. The third-order valence-corrected chi connectivity index (χ3v) is 2.81. The van der Waals surface area contributed by atoms with Crippen molar-refractivity contribution < 1.29 is 27.5 Å². The van der Waals surface area contributed by atoms with Gasteiger partial charge in [-0.2, -0.15) is 13.2 Å². The van der Waals surface area contributed by atoms with Crippen molar-refractivity contribution in [1.29, 1.82) is 0 Å². The summed E-state index contributed by atoms with van der Waals surface area (Å²) >= 11 is 3.17. The number of thiol groups is 1. The van der Waals surface area contributed by atoms with E-state index >= 15 is 0 Å². The first-order valence-electron chi connectivity index (χ1n) is 5.22. The monoisotopic (exact) mass is 292 g/mol. The molecule has 0 saturated carbocycles. The Kier molecular flexibility index (Phi) is 4.99. The summed E-state index contributed by atoms with van der Waals surface area (Å²) in [6.45, 7) is 0. The van der Waals surface area contributed by atoms with Gasteiger partial charge in [0, 0.05) is 12.0 Å². The number of halogens is 3. The van der Waals surface area contributed by atoms with Gasteiger partial charge in [0.25, 0.3) is 0 Å². The Morgan fingerprint density at radius 2 is 1.79 bits per heavy atom. The number of hydrogen-bond acceptors (Lipinski definition) is 3. The Morgan fingerprint density at radius 1 is 1.26 bits per heavy atom. The lowest BCUT2D eigenvalue weighted by atomic mass is 9.98. The van der Waals surface area contributed by atoms with Crippen LogP contribution in [0.4, 0.5) is 13.2 Å². The van der Waals surface area contributed by atoms with Crippen molar-refractivity contribution in [3.05, 3.63) is 29.8 Å². The van der Waals surface area contributed by atoms with Gasteiger partial charge in [-0.05, 0) is 24.3 Å². The standard InChI is InChI=1S/C12H11F3O3S/c1-18-8-4-2-7(3-5-8)10(16)6-9(11(17)19)12(13,14)15/h2-5,9H,6H2,1H3,(H,17,19). The third kappa shape index (κ3) is 4.27. The smallest absolute Gasteiger partial charge is 0.399 e. The molecule has 7 heteroatoms. The number of carbonyl (C=O) groups excluding carboxylic acids is 2. The van der Waals surface area contributed by atoms with E-state index in [0.717, 1.165) is 0 Å². The van der Waals surface area contributed by atoms with Gasteiger partial charge in [-0.3, -0.25) is 9.59 Å². The zero-order valence-electron chi connectivity index (χ0n) is 9.90. The van der Waals surface area contributed by atoms with Crippen LogP contribution in [0.25, 0.3) is 0 Å². The number of hydrogen-bond donors (Lipinski definition) is 1. The van der Waals surface area contributed by atoms with E-state index in [1.807, 2.05) is 0 Å². The van der Waals surface area contributed by atoms with Gasteiger partial charge >= 0.3 is 6.18 Å². The normalized spacial score (nSPS) is 12.9. The van der Waals surface area contributed by atoms with Gasteiger partial charge in [0.2, 0.25) is 0 Å². The number of benzene rings is 1. The average molecular weight is 292 g/mol. The first-order chi connectivity index (χ1) is 8.75. The van der Waals surface area contributed by atoms with E-state index in [4.69, 9.17) is 4.74 Å². The van der Waals surface area contributed by atoms with Gasteiger partial charge in [-0.1, -0.05) is 0 Å². The minimum absolute atomic E-state index is 0.0876. The second-order valence-corrected chi connectivity index (χ2v) is 4.23. The number of rotatable bonds is 5. The molecule has 0 aliphatic heterocycles. The summed E-state index contributed by atoms with van der Waals surface area (Å²) in [5.41, 5.74) is 0.0876. The molecule has 1 rings (SSSR count). The molecule has 0 amide bonds. The topological polar surface area (TPSA) is 43.4 Å². The number of Topliss-reactive ketones (excluding diaryl/α,β-unsaturated/α-hetero) is 1. The van der Waals surface area contributed by atoms with E-state index in [1.54, 1.807) is 0 Å². The third-order valence-electron chi connectivity index (χ3n) is 2.49. The van der Waals surface area contributed by atoms with Crippen LogP contribution in [-0.2, 0) is 4.79 Å². The lowest BCUT2D eigenvalue weighted by Crippen LogP contribution is -2.30. The second-order valence-electron chi connectivity index (χ2n) is 3.79. The van der Waals surface area contributed by atoms with Crippen LogP contribution in [0.3, 0.4) is 0 Å². The molecule has 0 radical (unpaired) electrons. The lowest BCUT2D eigenvalue weighted by Gasteiger charge is -2.16. The fourth-order valence-electron chi connectivity index (χ4n) is 1.42. The molecule has 1 unspecified atom stereocenters. The van der Waals surface area contributed by atoms with E-state index in [9.17, 15) is 22.8 Å². The maximum absolute atomic E-state index is 12.5. The van der Waals surface area contributed by atoms with Gasteiger partial charge in [0.15, 0.2) is 10.9 Å². The van der Waals surface area contributed by atoms with Crippen LogP contribution in [0.1, 0.15) is 16.8 Å². The molecule has 0 aliphatic carbocycles. The molecule has 1 atom stereocenters. The Morgan fingerprint density at radius 3 is 2.16 bits per heavy atom. The summed E-state index contributed by atoms with van der Waals surface area (Å²) in [5.74, 6) is -2.67.